The lowest BCUT2D eigenvalue weighted by Gasteiger charge is -2.11. The van der Waals surface area contributed by atoms with Crippen molar-refractivity contribution in [2.45, 2.75) is 13.3 Å². The Morgan fingerprint density at radius 2 is 2.00 bits per heavy atom. The summed E-state index contributed by atoms with van der Waals surface area (Å²) in [6.45, 7) is 1.68. The first kappa shape index (κ1) is 20.3. The van der Waals surface area contributed by atoms with Crippen molar-refractivity contribution in [3.05, 3.63) is 61.8 Å². The van der Waals surface area contributed by atoms with Gasteiger partial charge in [-0.3, -0.25) is 4.79 Å². The van der Waals surface area contributed by atoms with E-state index >= 15 is 0 Å². The van der Waals surface area contributed by atoms with Gasteiger partial charge in [-0.05, 0) is 70.6 Å². The van der Waals surface area contributed by atoms with E-state index in [0.717, 1.165) is 3.57 Å². The van der Waals surface area contributed by atoms with Crippen molar-refractivity contribution in [3.63, 3.8) is 0 Å². The van der Waals surface area contributed by atoms with Crippen LogP contribution in [0.2, 0.25) is 5.02 Å². The van der Waals surface area contributed by atoms with Crippen molar-refractivity contribution < 1.29 is 23.8 Å². The third kappa shape index (κ3) is 4.53. The van der Waals surface area contributed by atoms with Crippen molar-refractivity contribution in [2.75, 3.05) is 7.11 Å². The highest BCUT2D eigenvalue weighted by Gasteiger charge is 2.24. The summed E-state index contributed by atoms with van der Waals surface area (Å²) in [4.78, 5) is 28.0. The average Bonchev–Trinajstić information content (AvgIpc) is 3.04. The van der Waals surface area contributed by atoms with E-state index in [4.69, 9.17) is 25.8 Å². The van der Waals surface area contributed by atoms with Gasteiger partial charge in [0.1, 0.15) is 0 Å². The van der Waals surface area contributed by atoms with E-state index < -0.39 is 11.9 Å². The Balaban J connectivity index is 1.94. The average molecular weight is 512 g/mol. The molecule has 28 heavy (non-hydrogen) atoms. The van der Waals surface area contributed by atoms with Crippen LogP contribution in [0.5, 0.6) is 11.5 Å². The summed E-state index contributed by atoms with van der Waals surface area (Å²) in [6.07, 6.45) is 1.73. The fourth-order valence-corrected chi connectivity index (χ4v) is 3.01. The Labute approximate surface area is 180 Å². The molecule has 0 atom stereocenters. The van der Waals surface area contributed by atoms with Crippen molar-refractivity contribution >= 4 is 58.1 Å². The second-order valence-corrected chi connectivity index (χ2v) is 7.36. The number of nitrogens with zero attached hydrogens (tertiary/aromatic N) is 1. The predicted octanol–water partition coefficient (Wildman–Crippen LogP) is 4.61. The van der Waals surface area contributed by atoms with Gasteiger partial charge in [0.25, 0.3) is 0 Å². The van der Waals surface area contributed by atoms with Gasteiger partial charge in [-0.15, -0.1) is 0 Å². The lowest BCUT2D eigenvalue weighted by molar-refractivity contribution is -0.134. The van der Waals surface area contributed by atoms with Gasteiger partial charge in [-0.1, -0.05) is 18.5 Å². The van der Waals surface area contributed by atoms with Crippen LogP contribution in [0.1, 0.15) is 24.5 Å². The fourth-order valence-electron chi connectivity index (χ4n) is 2.39. The second-order valence-electron chi connectivity index (χ2n) is 5.70. The van der Waals surface area contributed by atoms with E-state index in [1.165, 1.54) is 13.2 Å². The molecule has 3 rings (SSSR count). The number of hydrogen-bond acceptors (Lipinski definition) is 6. The molecule has 0 aromatic heterocycles. The van der Waals surface area contributed by atoms with Crippen molar-refractivity contribution in [3.8, 4) is 11.5 Å². The van der Waals surface area contributed by atoms with Gasteiger partial charge in [0.2, 0.25) is 5.90 Å². The Kier molecular flexibility index (Phi) is 6.35. The monoisotopic (exact) mass is 511 g/mol. The molecule has 2 aromatic rings. The minimum absolute atomic E-state index is 0.130. The number of esters is 2. The number of benzene rings is 2. The molecule has 8 heteroatoms. The zero-order valence-corrected chi connectivity index (χ0v) is 17.9. The first-order valence-corrected chi connectivity index (χ1v) is 9.73. The van der Waals surface area contributed by atoms with Crippen LogP contribution in [0.4, 0.5) is 0 Å². The summed E-state index contributed by atoms with van der Waals surface area (Å²) in [6, 6.07) is 10.6. The Morgan fingerprint density at radius 1 is 1.29 bits per heavy atom. The van der Waals surface area contributed by atoms with Gasteiger partial charge in [0.15, 0.2) is 17.2 Å². The summed E-state index contributed by atoms with van der Waals surface area (Å²) in [5, 5.41) is 0.182. The van der Waals surface area contributed by atoms with E-state index in [-0.39, 0.29) is 34.5 Å². The molecular formula is C20H15ClINO5. The van der Waals surface area contributed by atoms with Crippen molar-refractivity contribution in [2.24, 2.45) is 4.99 Å². The fraction of sp³-hybridized carbons (Fsp3) is 0.150. The van der Waals surface area contributed by atoms with E-state index in [9.17, 15) is 9.59 Å². The number of rotatable bonds is 5. The van der Waals surface area contributed by atoms with Crippen LogP contribution < -0.4 is 9.47 Å². The summed E-state index contributed by atoms with van der Waals surface area (Å²) >= 11 is 8.43. The highest BCUT2D eigenvalue weighted by molar-refractivity contribution is 14.1. The molecule has 1 heterocycles. The van der Waals surface area contributed by atoms with Gasteiger partial charge in [0.05, 0.1) is 12.1 Å². The summed E-state index contributed by atoms with van der Waals surface area (Å²) in [5.74, 6) is -0.355. The van der Waals surface area contributed by atoms with Crippen molar-refractivity contribution in [1.82, 2.24) is 0 Å². The van der Waals surface area contributed by atoms with Crippen molar-refractivity contribution in [1.29, 1.82) is 0 Å². The Morgan fingerprint density at radius 3 is 2.64 bits per heavy atom. The maximum Gasteiger partial charge on any atom is 0.363 e. The summed E-state index contributed by atoms with van der Waals surface area (Å²) in [7, 11) is 1.43. The van der Waals surface area contributed by atoms with Gasteiger partial charge < -0.3 is 14.2 Å². The van der Waals surface area contributed by atoms with Crippen LogP contribution >= 0.6 is 34.2 Å². The lowest BCUT2D eigenvalue weighted by Crippen LogP contribution is -2.07. The third-order valence-corrected chi connectivity index (χ3v) is 4.77. The summed E-state index contributed by atoms with van der Waals surface area (Å²) in [5.41, 5.74) is 1.39. The number of ether oxygens (including phenoxy) is 3. The SMILES string of the molecule is CCC(=O)Oc1c(Cl)cc(C=C2N=C(c3ccc(I)cc3)OC2=O)cc1OC. The van der Waals surface area contributed by atoms with Crippen LogP contribution in [0.25, 0.3) is 6.08 Å². The molecule has 0 aliphatic carbocycles. The number of cyclic esters (lactones) is 1. The van der Waals surface area contributed by atoms with Gasteiger partial charge in [-0.25, -0.2) is 9.79 Å². The number of carbonyl (C=O) groups is 2. The molecule has 6 nitrogen and oxygen atoms in total. The summed E-state index contributed by atoms with van der Waals surface area (Å²) < 4.78 is 16.8. The normalized spacial score (nSPS) is 14.6. The molecule has 0 N–H and O–H groups in total. The molecule has 1 aliphatic heterocycles. The predicted molar refractivity (Wildman–Crippen MR) is 114 cm³/mol. The van der Waals surface area contributed by atoms with Gasteiger partial charge in [-0.2, -0.15) is 0 Å². The van der Waals surface area contributed by atoms with Gasteiger partial charge >= 0.3 is 11.9 Å². The molecule has 1 aliphatic rings. The molecule has 144 valence electrons. The quantitative estimate of drug-likeness (QED) is 0.254. The number of halogens is 2. The lowest BCUT2D eigenvalue weighted by atomic mass is 10.1. The minimum Gasteiger partial charge on any atom is -0.493 e. The number of carbonyl (C=O) groups excluding carboxylic acids is 2. The maximum absolute atomic E-state index is 12.2. The van der Waals surface area contributed by atoms with E-state index in [1.807, 2.05) is 24.3 Å². The molecule has 0 unspecified atom stereocenters. The highest BCUT2D eigenvalue weighted by atomic mass is 127. The first-order chi connectivity index (χ1) is 13.4. The maximum atomic E-state index is 12.2. The largest absolute Gasteiger partial charge is 0.493 e. The zero-order chi connectivity index (χ0) is 20.3. The highest BCUT2D eigenvalue weighted by Crippen LogP contribution is 2.37. The Bertz CT molecular complexity index is 998. The molecule has 0 bridgehead atoms. The molecule has 0 spiro atoms. The topological polar surface area (TPSA) is 74.2 Å². The second kappa shape index (κ2) is 8.74. The standard InChI is InChI=1S/C20H15ClINO5/c1-3-17(24)27-18-14(21)8-11(10-16(18)26-2)9-15-20(25)28-19(23-15)12-4-6-13(22)7-5-12/h4-10H,3H2,1-2H3. The first-order valence-electron chi connectivity index (χ1n) is 8.28. The van der Waals surface area contributed by atoms with Crippen LogP contribution in [-0.4, -0.2) is 24.9 Å². The number of aliphatic imine (C=N–C) groups is 1. The molecular weight excluding hydrogens is 497 g/mol. The molecule has 2 aromatic carbocycles. The van der Waals surface area contributed by atoms with E-state index in [1.54, 1.807) is 19.1 Å². The zero-order valence-electron chi connectivity index (χ0n) is 15.0. The Hall–Kier alpha value is -2.39. The minimum atomic E-state index is -0.565. The number of methoxy groups -OCH3 is 1. The third-order valence-electron chi connectivity index (χ3n) is 3.77. The van der Waals surface area contributed by atoms with Crippen LogP contribution in [0.15, 0.2) is 47.1 Å². The van der Waals surface area contributed by atoms with Gasteiger partial charge in [0, 0.05) is 15.6 Å². The van der Waals surface area contributed by atoms with E-state index in [0.29, 0.717) is 11.1 Å². The molecule has 0 amide bonds. The van der Waals surface area contributed by atoms with E-state index in [2.05, 4.69) is 27.6 Å². The smallest absolute Gasteiger partial charge is 0.363 e. The molecule has 0 saturated heterocycles. The van der Waals surface area contributed by atoms with Crippen LogP contribution in [0, 0.1) is 3.57 Å². The molecule has 0 radical (unpaired) electrons. The molecule has 0 fully saturated rings. The molecule has 0 saturated carbocycles. The van der Waals surface area contributed by atoms with Crippen LogP contribution in [0.3, 0.4) is 0 Å². The van der Waals surface area contributed by atoms with Crippen LogP contribution in [-0.2, 0) is 14.3 Å². The number of hydrogen-bond donors (Lipinski definition) is 0.